The van der Waals surface area contributed by atoms with Gasteiger partial charge in [-0.05, 0) is 38.7 Å². The van der Waals surface area contributed by atoms with Gasteiger partial charge < -0.3 is 10.6 Å². The highest BCUT2D eigenvalue weighted by Crippen LogP contribution is 2.29. The summed E-state index contributed by atoms with van der Waals surface area (Å²) in [6, 6.07) is 1.35. The summed E-state index contributed by atoms with van der Waals surface area (Å²) in [4.78, 5) is 16.1. The van der Waals surface area contributed by atoms with E-state index >= 15 is 0 Å². The standard InChI is InChI=1S/C14H20FN3O/c1-3-16-13-12(7-11(15)8-17-13)14(19)18-9(2)10-5-4-6-10/h7-10H,3-6H2,1-2H3,(H,16,17)(H,18,19). The smallest absolute Gasteiger partial charge is 0.255 e. The number of aromatic nitrogens is 1. The maximum atomic E-state index is 13.3. The molecule has 19 heavy (non-hydrogen) atoms. The second kappa shape index (κ2) is 5.99. The summed E-state index contributed by atoms with van der Waals surface area (Å²) in [5.41, 5.74) is 0.271. The molecule has 1 aliphatic carbocycles. The fourth-order valence-corrected chi connectivity index (χ4v) is 2.26. The van der Waals surface area contributed by atoms with Crippen molar-refractivity contribution in [2.45, 2.75) is 39.2 Å². The third-order valence-corrected chi connectivity index (χ3v) is 3.66. The summed E-state index contributed by atoms with van der Waals surface area (Å²) in [6.45, 7) is 4.54. The number of carbonyl (C=O) groups is 1. The Hall–Kier alpha value is -1.65. The molecule has 104 valence electrons. The number of nitrogens with zero attached hydrogens (tertiary/aromatic N) is 1. The van der Waals surface area contributed by atoms with Crippen LogP contribution in [-0.4, -0.2) is 23.5 Å². The molecule has 1 unspecified atom stereocenters. The van der Waals surface area contributed by atoms with Crippen LogP contribution in [-0.2, 0) is 0 Å². The molecule has 0 radical (unpaired) electrons. The summed E-state index contributed by atoms with van der Waals surface area (Å²) in [5, 5.41) is 5.91. The average molecular weight is 265 g/mol. The van der Waals surface area contributed by atoms with Crippen LogP contribution in [0.1, 0.15) is 43.5 Å². The molecule has 1 aromatic rings. The molecule has 1 atom stereocenters. The molecule has 1 saturated carbocycles. The van der Waals surface area contributed by atoms with Crippen LogP contribution in [0.5, 0.6) is 0 Å². The molecule has 1 aliphatic rings. The van der Waals surface area contributed by atoms with Crippen molar-refractivity contribution in [2.24, 2.45) is 5.92 Å². The second-order valence-electron chi connectivity index (χ2n) is 5.03. The van der Waals surface area contributed by atoms with E-state index in [9.17, 15) is 9.18 Å². The Kier molecular flexibility index (Phi) is 4.35. The van der Waals surface area contributed by atoms with Crippen molar-refractivity contribution in [2.75, 3.05) is 11.9 Å². The molecule has 0 spiro atoms. The van der Waals surface area contributed by atoms with Gasteiger partial charge >= 0.3 is 0 Å². The van der Waals surface area contributed by atoms with Crippen molar-refractivity contribution >= 4 is 11.7 Å². The van der Waals surface area contributed by atoms with Crippen LogP contribution >= 0.6 is 0 Å². The SMILES string of the molecule is CCNc1ncc(F)cc1C(=O)NC(C)C1CCC1. The van der Waals surface area contributed by atoms with E-state index in [1.807, 2.05) is 13.8 Å². The number of nitrogens with one attached hydrogen (secondary N) is 2. The van der Waals surface area contributed by atoms with Crippen molar-refractivity contribution in [1.82, 2.24) is 10.3 Å². The van der Waals surface area contributed by atoms with Crippen LogP contribution < -0.4 is 10.6 Å². The van der Waals surface area contributed by atoms with E-state index in [1.165, 1.54) is 12.5 Å². The summed E-state index contributed by atoms with van der Waals surface area (Å²) in [5.74, 6) is 0.223. The molecule has 1 fully saturated rings. The predicted octanol–water partition coefficient (Wildman–Crippen LogP) is 2.57. The van der Waals surface area contributed by atoms with Gasteiger partial charge in [0.2, 0.25) is 0 Å². The fourth-order valence-electron chi connectivity index (χ4n) is 2.26. The van der Waals surface area contributed by atoms with E-state index in [2.05, 4.69) is 15.6 Å². The molecule has 1 aromatic heterocycles. The van der Waals surface area contributed by atoms with Crippen molar-refractivity contribution in [3.8, 4) is 0 Å². The molecule has 2 N–H and O–H groups in total. The highest BCUT2D eigenvalue weighted by atomic mass is 19.1. The van der Waals surface area contributed by atoms with Gasteiger partial charge in [-0.25, -0.2) is 9.37 Å². The second-order valence-corrected chi connectivity index (χ2v) is 5.03. The first-order valence-electron chi connectivity index (χ1n) is 6.82. The number of hydrogen-bond donors (Lipinski definition) is 2. The molecule has 0 aromatic carbocycles. The Labute approximate surface area is 112 Å². The number of anilines is 1. The van der Waals surface area contributed by atoms with Crippen LogP contribution in [0, 0.1) is 11.7 Å². The zero-order valence-corrected chi connectivity index (χ0v) is 11.4. The van der Waals surface area contributed by atoms with Crippen LogP contribution in [0.15, 0.2) is 12.3 Å². The largest absolute Gasteiger partial charge is 0.370 e. The fraction of sp³-hybridized carbons (Fsp3) is 0.571. The normalized spacial score (nSPS) is 16.6. The predicted molar refractivity (Wildman–Crippen MR) is 72.6 cm³/mol. The molecular formula is C14H20FN3O. The molecule has 0 bridgehead atoms. The first kappa shape index (κ1) is 13.8. The monoisotopic (exact) mass is 265 g/mol. The van der Waals surface area contributed by atoms with Gasteiger partial charge in [-0.15, -0.1) is 0 Å². The minimum Gasteiger partial charge on any atom is -0.370 e. The first-order valence-corrected chi connectivity index (χ1v) is 6.82. The Bertz CT molecular complexity index is 460. The minimum atomic E-state index is -0.497. The number of amides is 1. The number of pyridine rings is 1. The maximum absolute atomic E-state index is 13.3. The molecular weight excluding hydrogens is 245 g/mol. The number of rotatable bonds is 5. The zero-order valence-electron chi connectivity index (χ0n) is 11.4. The Morgan fingerprint density at radius 1 is 1.58 bits per heavy atom. The van der Waals surface area contributed by atoms with Crippen molar-refractivity contribution in [3.63, 3.8) is 0 Å². The van der Waals surface area contributed by atoms with Gasteiger partial charge in [0.1, 0.15) is 11.6 Å². The van der Waals surface area contributed by atoms with Gasteiger partial charge in [0.05, 0.1) is 11.8 Å². The molecule has 2 rings (SSSR count). The van der Waals surface area contributed by atoms with E-state index in [-0.39, 0.29) is 17.5 Å². The molecule has 1 amide bonds. The molecule has 4 nitrogen and oxygen atoms in total. The highest BCUT2D eigenvalue weighted by molar-refractivity contribution is 5.98. The Morgan fingerprint density at radius 3 is 2.89 bits per heavy atom. The lowest BCUT2D eigenvalue weighted by Crippen LogP contribution is -2.41. The Morgan fingerprint density at radius 2 is 2.32 bits per heavy atom. The van der Waals surface area contributed by atoms with Crippen LogP contribution in [0.3, 0.4) is 0 Å². The summed E-state index contributed by atoms with van der Waals surface area (Å²) < 4.78 is 13.3. The van der Waals surface area contributed by atoms with E-state index in [1.54, 1.807) is 0 Å². The molecule has 0 aliphatic heterocycles. The van der Waals surface area contributed by atoms with Gasteiger partial charge in [-0.1, -0.05) is 6.42 Å². The third-order valence-electron chi connectivity index (χ3n) is 3.66. The van der Waals surface area contributed by atoms with E-state index in [4.69, 9.17) is 0 Å². The number of carbonyl (C=O) groups excluding carboxylic acids is 1. The van der Waals surface area contributed by atoms with E-state index < -0.39 is 5.82 Å². The third kappa shape index (κ3) is 3.22. The van der Waals surface area contributed by atoms with E-state index in [0.717, 1.165) is 19.0 Å². The van der Waals surface area contributed by atoms with Crippen LogP contribution in [0.2, 0.25) is 0 Å². The zero-order chi connectivity index (χ0) is 13.8. The van der Waals surface area contributed by atoms with Crippen molar-refractivity contribution in [1.29, 1.82) is 0 Å². The first-order chi connectivity index (χ1) is 9.11. The van der Waals surface area contributed by atoms with Gasteiger partial charge in [0.25, 0.3) is 5.91 Å². The lowest BCUT2D eigenvalue weighted by molar-refractivity contribution is 0.0909. The topological polar surface area (TPSA) is 54.0 Å². The van der Waals surface area contributed by atoms with Crippen molar-refractivity contribution < 1.29 is 9.18 Å². The summed E-state index contributed by atoms with van der Waals surface area (Å²) in [7, 11) is 0. The minimum absolute atomic E-state index is 0.124. The average Bonchev–Trinajstić information content (AvgIpc) is 2.29. The molecule has 0 saturated heterocycles. The van der Waals surface area contributed by atoms with Crippen LogP contribution in [0.4, 0.5) is 10.2 Å². The maximum Gasteiger partial charge on any atom is 0.255 e. The van der Waals surface area contributed by atoms with Crippen LogP contribution in [0.25, 0.3) is 0 Å². The summed E-state index contributed by atoms with van der Waals surface area (Å²) >= 11 is 0. The highest BCUT2D eigenvalue weighted by Gasteiger charge is 2.26. The van der Waals surface area contributed by atoms with Gasteiger partial charge in [0, 0.05) is 12.6 Å². The van der Waals surface area contributed by atoms with E-state index in [0.29, 0.717) is 18.3 Å². The molecule has 5 heteroatoms. The van der Waals surface area contributed by atoms with Gasteiger partial charge in [-0.3, -0.25) is 4.79 Å². The lowest BCUT2D eigenvalue weighted by atomic mass is 9.80. The summed E-state index contributed by atoms with van der Waals surface area (Å²) in [6.07, 6.45) is 4.66. The number of hydrogen-bond acceptors (Lipinski definition) is 3. The lowest BCUT2D eigenvalue weighted by Gasteiger charge is -2.32. The van der Waals surface area contributed by atoms with Gasteiger partial charge in [-0.2, -0.15) is 0 Å². The number of halogens is 1. The van der Waals surface area contributed by atoms with Crippen molar-refractivity contribution in [3.05, 3.63) is 23.6 Å². The molecule has 1 heterocycles. The Balaban J connectivity index is 2.10. The van der Waals surface area contributed by atoms with Gasteiger partial charge in [0.15, 0.2) is 0 Å². The quantitative estimate of drug-likeness (QED) is 0.860.